The Balaban J connectivity index is 2.04. The summed E-state index contributed by atoms with van der Waals surface area (Å²) < 4.78 is 22.8. The lowest BCUT2D eigenvalue weighted by molar-refractivity contribution is 0.595. The zero-order valence-electron chi connectivity index (χ0n) is 11.1. The molecule has 1 aliphatic rings. The molecule has 20 heavy (non-hydrogen) atoms. The summed E-state index contributed by atoms with van der Waals surface area (Å²) in [5.41, 5.74) is 0. The maximum absolute atomic E-state index is 11.4. The molecular weight excluding hydrogens is 321 g/mol. The first-order valence-electron chi connectivity index (χ1n) is 6.45. The van der Waals surface area contributed by atoms with Gasteiger partial charge in [0.25, 0.3) is 0 Å². The molecular formula is C12H17Cl2N3O2S. The first-order chi connectivity index (χ1) is 9.41. The molecule has 112 valence electrons. The summed E-state index contributed by atoms with van der Waals surface area (Å²) in [7, 11) is -2.86. The van der Waals surface area contributed by atoms with Crippen molar-refractivity contribution in [3.8, 4) is 0 Å². The molecule has 2 heterocycles. The topological polar surface area (TPSA) is 71.1 Å². The summed E-state index contributed by atoms with van der Waals surface area (Å²) >= 11 is 12.1. The molecule has 1 saturated heterocycles. The molecule has 1 aromatic rings. The van der Waals surface area contributed by atoms with Crippen molar-refractivity contribution >= 4 is 44.7 Å². The quantitative estimate of drug-likeness (QED) is 0.864. The van der Waals surface area contributed by atoms with Crippen molar-refractivity contribution in [2.75, 3.05) is 35.2 Å². The van der Waals surface area contributed by atoms with Gasteiger partial charge in [-0.05, 0) is 25.3 Å². The van der Waals surface area contributed by atoms with E-state index in [1.54, 1.807) is 6.07 Å². The third-order valence-corrected chi connectivity index (χ3v) is 5.57. The summed E-state index contributed by atoms with van der Waals surface area (Å²) in [5, 5.41) is 7.05. The number of anilines is 2. The minimum atomic E-state index is -2.86. The number of hydrogen-bond donors (Lipinski definition) is 2. The fourth-order valence-corrected chi connectivity index (χ4v) is 4.51. The van der Waals surface area contributed by atoms with Gasteiger partial charge < -0.3 is 10.6 Å². The molecule has 1 fully saturated rings. The van der Waals surface area contributed by atoms with Gasteiger partial charge >= 0.3 is 0 Å². The Kier molecular flexibility index (Phi) is 4.99. The van der Waals surface area contributed by atoms with Crippen LogP contribution in [-0.2, 0) is 9.84 Å². The minimum Gasteiger partial charge on any atom is -0.369 e. The third-order valence-electron chi connectivity index (χ3n) is 3.16. The third kappa shape index (κ3) is 3.90. The van der Waals surface area contributed by atoms with E-state index in [0.29, 0.717) is 41.2 Å². The monoisotopic (exact) mass is 337 g/mol. The smallest absolute Gasteiger partial charge is 0.150 e. The number of hydrogen-bond acceptors (Lipinski definition) is 5. The predicted molar refractivity (Wildman–Crippen MR) is 83.7 cm³/mol. The van der Waals surface area contributed by atoms with E-state index in [4.69, 9.17) is 23.2 Å². The highest BCUT2D eigenvalue weighted by Gasteiger charge is 2.27. The molecule has 2 rings (SSSR count). The van der Waals surface area contributed by atoms with E-state index < -0.39 is 9.84 Å². The highest BCUT2D eigenvalue weighted by Crippen LogP contribution is 2.29. The van der Waals surface area contributed by atoms with Gasteiger partial charge in [0.1, 0.15) is 11.6 Å². The van der Waals surface area contributed by atoms with Gasteiger partial charge in [-0.1, -0.05) is 23.2 Å². The maximum atomic E-state index is 11.4. The van der Waals surface area contributed by atoms with Gasteiger partial charge in [-0.2, -0.15) is 0 Å². The SMILES string of the molecule is CCNc1nc(NCC2CCS(=O)(=O)C2)c(Cl)cc1Cl. The minimum absolute atomic E-state index is 0.108. The Labute approximate surface area is 129 Å². The molecule has 0 aromatic carbocycles. The molecule has 2 N–H and O–H groups in total. The van der Waals surface area contributed by atoms with Crippen LogP contribution in [0.3, 0.4) is 0 Å². The number of halogens is 2. The summed E-state index contributed by atoms with van der Waals surface area (Å²) in [6.07, 6.45) is 0.681. The largest absolute Gasteiger partial charge is 0.369 e. The fourth-order valence-electron chi connectivity index (χ4n) is 2.16. The van der Waals surface area contributed by atoms with Crippen molar-refractivity contribution in [2.45, 2.75) is 13.3 Å². The van der Waals surface area contributed by atoms with Crippen LogP contribution in [-0.4, -0.2) is 38.0 Å². The van der Waals surface area contributed by atoms with Crippen molar-refractivity contribution < 1.29 is 8.42 Å². The normalized spacial score (nSPS) is 20.9. The lowest BCUT2D eigenvalue weighted by atomic mass is 10.1. The molecule has 1 atom stereocenters. The number of pyridine rings is 1. The van der Waals surface area contributed by atoms with Crippen LogP contribution in [0, 0.1) is 5.92 Å². The van der Waals surface area contributed by atoms with Gasteiger partial charge in [0, 0.05) is 13.1 Å². The van der Waals surface area contributed by atoms with E-state index in [-0.39, 0.29) is 17.4 Å². The second-order valence-electron chi connectivity index (χ2n) is 4.83. The van der Waals surface area contributed by atoms with Crippen LogP contribution in [0.2, 0.25) is 10.0 Å². The molecule has 5 nitrogen and oxygen atoms in total. The number of rotatable bonds is 5. The van der Waals surface area contributed by atoms with Crippen molar-refractivity contribution in [3.63, 3.8) is 0 Å². The fraction of sp³-hybridized carbons (Fsp3) is 0.583. The van der Waals surface area contributed by atoms with Crippen molar-refractivity contribution in [1.82, 2.24) is 4.98 Å². The maximum Gasteiger partial charge on any atom is 0.150 e. The van der Waals surface area contributed by atoms with E-state index in [2.05, 4.69) is 15.6 Å². The molecule has 8 heteroatoms. The standard InChI is InChI=1S/C12H17Cl2N3O2S/c1-2-15-11-9(13)5-10(14)12(17-11)16-6-8-3-4-20(18,19)7-8/h5,8H,2-4,6-7H2,1H3,(H2,15,16,17). The summed E-state index contributed by atoms with van der Waals surface area (Å²) in [5.74, 6) is 1.70. The molecule has 1 aromatic heterocycles. The molecule has 0 aliphatic carbocycles. The molecule has 1 aliphatic heterocycles. The number of sulfone groups is 1. The van der Waals surface area contributed by atoms with Gasteiger partial charge in [0.05, 0.1) is 21.6 Å². The Bertz CT molecular complexity index is 593. The van der Waals surface area contributed by atoms with E-state index in [1.165, 1.54) is 0 Å². The van der Waals surface area contributed by atoms with Gasteiger partial charge in [-0.3, -0.25) is 0 Å². The first-order valence-corrected chi connectivity index (χ1v) is 9.03. The molecule has 0 amide bonds. The Hall–Kier alpha value is -0.720. The van der Waals surface area contributed by atoms with E-state index in [0.717, 1.165) is 0 Å². The Morgan fingerprint density at radius 1 is 1.30 bits per heavy atom. The highest BCUT2D eigenvalue weighted by atomic mass is 35.5. The van der Waals surface area contributed by atoms with E-state index in [9.17, 15) is 8.42 Å². The second-order valence-corrected chi connectivity index (χ2v) is 7.87. The average Bonchev–Trinajstić information content (AvgIpc) is 2.71. The molecule has 0 bridgehead atoms. The second kappa shape index (κ2) is 6.37. The summed E-state index contributed by atoms with van der Waals surface area (Å²) in [6, 6.07) is 1.63. The molecule has 0 radical (unpaired) electrons. The highest BCUT2D eigenvalue weighted by molar-refractivity contribution is 7.91. The van der Waals surface area contributed by atoms with Crippen LogP contribution in [0.5, 0.6) is 0 Å². The first kappa shape index (κ1) is 15.7. The Morgan fingerprint density at radius 3 is 2.50 bits per heavy atom. The van der Waals surface area contributed by atoms with E-state index in [1.807, 2.05) is 6.92 Å². The molecule has 0 saturated carbocycles. The van der Waals surface area contributed by atoms with Crippen LogP contribution in [0.25, 0.3) is 0 Å². The zero-order valence-corrected chi connectivity index (χ0v) is 13.4. The summed E-state index contributed by atoms with van der Waals surface area (Å²) in [6.45, 7) is 3.19. The molecule has 0 spiro atoms. The van der Waals surface area contributed by atoms with Crippen LogP contribution < -0.4 is 10.6 Å². The van der Waals surface area contributed by atoms with Gasteiger partial charge in [-0.15, -0.1) is 0 Å². The number of aromatic nitrogens is 1. The van der Waals surface area contributed by atoms with Crippen LogP contribution in [0.15, 0.2) is 6.07 Å². The van der Waals surface area contributed by atoms with E-state index >= 15 is 0 Å². The predicted octanol–water partition coefficient (Wildman–Crippen LogP) is 2.67. The van der Waals surface area contributed by atoms with Crippen LogP contribution >= 0.6 is 23.2 Å². The van der Waals surface area contributed by atoms with Crippen LogP contribution in [0.4, 0.5) is 11.6 Å². The van der Waals surface area contributed by atoms with Gasteiger partial charge in [0.15, 0.2) is 9.84 Å². The lowest BCUT2D eigenvalue weighted by Gasteiger charge is -2.14. The molecule has 1 unspecified atom stereocenters. The Morgan fingerprint density at radius 2 is 1.95 bits per heavy atom. The average molecular weight is 338 g/mol. The van der Waals surface area contributed by atoms with Gasteiger partial charge in [0.2, 0.25) is 0 Å². The van der Waals surface area contributed by atoms with Crippen molar-refractivity contribution in [2.24, 2.45) is 5.92 Å². The van der Waals surface area contributed by atoms with Crippen molar-refractivity contribution in [3.05, 3.63) is 16.1 Å². The number of nitrogens with one attached hydrogen (secondary N) is 2. The summed E-state index contributed by atoms with van der Waals surface area (Å²) in [4.78, 5) is 4.32. The van der Waals surface area contributed by atoms with Crippen molar-refractivity contribution in [1.29, 1.82) is 0 Å². The zero-order chi connectivity index (χ0) is 14.8. The van der Waals surface area contributed by atoms with Gasteiger partial charge in [-0.25, -0.2) is 13.4 Å². The lowest BCUT2D eigenvalue weighted by Crippen LogP contribution is -2.17. The van der Waals surface area contributed by atoms with Crippen LogP contribution in [0.1, 0.15) is 13.3 Å². The number of nitrogens with zero attached hydrogens (tertiary/aromatic N) is 1.